The van der Waals surface area contributed by atoms with Gasteiger partial charge in [-0.15, -0.1) is 0 Å². The monoisotopic (exact) mass is 327 g/mol. The Balaban J connectivity index is 1.71. The highest BCUT2D eigenvalue weighted by atomic mass is 16.6. The Kier molecular flexibility index (Phi) is 4.18. The topological polar surface area (TPSA) is 105 Å². The van der Waals surface area contributed by atoms with E-state index >= 15 is 0 Å². The minimum atomic E-state index is -0.675. The number of nitrogens with one attached hydrogen (secondary N) is 2. The Hall–Kier alpha value is -2.93. The average Bonchev–Trinajstić information content (AvgIpc) is 2.85. The summed E-state index contributed by atoms with van der Waals surface area (Å²) in [5.41, 5.74) is 2.96. The van der Waals surface area contributed by atoms with E-state index in [0.29, 0.717) is 17.7 Å². The van der Waals surface area contributed by atoms with Gasteiger partial charge >= 0.3 is 6.03 Å². The fraction of sp³-hybridized carbons (Fsp3) is 0.235. The summed E-state index contributed by atoms with van der Waals surface area (Å²) in [4.78, 5) is 22.5. The van der Waals surface area contributed by atoms with Crippen molar-refractivity contribution in [2.24, 2.45) is 0 Å². The number of nitro groups is 1. The molecule has 124 valence electrons. The molecular weight excluding hydrogens is 310 g/mol. The minimum absolute atomic E-state index is 0.0291. The Morgan fingerprint density at radius 2 is 2.04 bits per heavy atom. The molecule has 2 aromatic rings. The van der Waals surface area contributed by atoms with E-state index < -0.39 is 23.1 Å². The second-order valence-electron chi connectivity index (χ2n) is 5.80. The summed E-state index contributed by atoms with van der Waals surface area (Å²) in [7, 11) is 0. The van der Waals surface area contributed by atoms with Gasteiger partial charge in [0.15, 0.2) is 0 Å². The van der Waals surface area contributed by atoms with E-state index in [-0.39, 0.29) is 5.69 Å². The van der Waals surface area contributed by atoms with Crippen LogP contribution in [0.3, 0.4) is 0 Å². The average molecular weight is 327 g/mol. The molecule has 3 N–H and O–H groups in total. The highest BCUT2D eigenvalue weighted by Gasteiger charge is 2.31. The van der Waals surface area contributed by atoms with E-state index in [0.717, 1.165) is 11.1 Å². The van der Waals surface area contributed by atoms with Gasteiger partial charge in [0.05, 0.1) is 17.1 Å². The molecule has 2 aromatic carbocycles. The van der Waals surface area contributed by atoms with Crippen molar-refractivity contribution in [3.63, 3.8) is 0 Å². The Bertz CT molecular complexity index is 806. The number of benzene rings is 2. The Labute approximate surface area is 138 Å². The van der Waals surface area contributed by atoms with Gasteiger partial charge in [0, 0.05) is 24.2 Å². The number of amides is 2. The van der Waals surface area contributed by atoms with Gasteiger partial charge in [-0.3, -0.25) is 10.1 Å². The van der Waals surface area contributed by atoms with Gasteiger partial charge in [0.25, 0.3) is 5.69 Å². The zero-order valence-corrected chi connectivity index (χ0v) is 13.0. The zero-order chi connectivity index (χ0) is 17.3. The summed E-state index contributed by atoms with van der Waals surface area (Å²) >= 11 is 0. The molecule has 0 fully saturated rings. The van der Waals surface area contributed by atoms with E-state index in [1.54, 1.807) is 6.92 Å². The summed E-state index contributed by atoms with van der Waals surface area (Å²) < 4.78 is 0. The predicted octanol–water partition coefficient (Wildman–Crippen LogP) is 2.68. The number of nitro benzene ring substituents is 1. The molecule has 2 atom stereocenters. The van der Waals surface area contributed by atoms with Crippen LogP contribution in [-0.4, -0.2) is 22.2 Å². The second kappa shape index (κ2) is 6.29. The minimum Gasteiger partial charge on any atom is -0.390 e. The fourth-order valence-electron chi connectivity index (χ4n) is 2.95. The molecule has 0 heterocycles. The van der Waals surface area contributed by atoms with Gasteiger partial charge in [0.2, 0.25) is 0 Å². The maximum Gasteiger partial charge on any atom is 0.319 e. The number of aliphatic hydroxyl groups is 1. The molecule has 7 nitrogen and oxygen atoms in total. The lowest BCUT2D eigenvalue weighted by atomic mass is 10.1. The largest absolute Gasteiger partial charge is 0.390 e. The molecule has 3 rings (SSSR count). The molecule has 2 amide bonds. The Morgan fingerprint density at radius 1 is 1.29 bits per heavy atom. The molecule has 24 heavy (non-hydrogen) atoms. The van der Waals surface area contributed by atoms with Crippen molar-refractivity contribution in [2.45, 2.75) is 25.5 Å². The number of carbonyl (C=O) groups is 1. The van der Waals surface area contributed by atoms with Crippen LogP contribution in [0.1, 0.15) is 22.7 Å². The molecule has 0 aromatic heterocycles. The molecule has 0 spiro atoms. The second-order valence-corrected chi connectivity index (χ2v) is 5.80. The van der Waals surface area contributed by atoms with E-state index in [9.17, 15) is 20.0 Å². The highest BCUT2D eigenvalue weighted by Crippen LogP contribution is 2.31. The molecular formula is C17H17N3O4. The summed E-state index contributed by atoms with van der Waals surface area (Å²) in [6.07, 6.45) is -0.177. The van der Waals surface area contributed by atoms with Gasteiger partial charge in [-0.1, -0.05) is 24.3 Å². The third kappa shape index (κ3) is 3.07. The maximum absolute atomic E-state index is 12.2. The van der Waals surface area contributed by atoms with Crippen LogP contribution >= 0.6 is 0 Å². The van der Waals surface area contributed by atoms with E-state index in [1.807, 2.05) is 24.3 Å². The number of aliphatic hydroxyl groups excluding tert-OH is 1. The summed E-state index contributed by atoms with van der Waals surface area (Å²) in [6, 6.07) is 10.9. The molecule has 0 unspecified atom stereocenters. The number of hydrogen-bond donors (Lipinski definition) is 3. The van der Waals surface area contributed by atoms with Crippen LogP contribution in [0.15, 0.2) is 42.5 Å². The van der Waals surface area contributed by atoms with Crippen molar-refractivity contribution in [3.8, 4) is 0 Å². The molecule has 0 radical (unpaired) electrons. The first-order valence-electron chi connectivity index (χ1n) is 7.54. The van der Waals surface area contributed by atoms with Gasteiger partial charge in [0.1, 0.15) is 0 Å². The van der Waals surface area contributed by atoms with E-state index in [1.165, 1.54) is 18.2 Å². The lowest BCUT2D eigenvalue weighted by molar-refractivity contribution is -0.384. The lowest BCUT2D eigenvalue weighted by Gasteiger charge is -2.19. The molecule has 7 heteroatoms. The maximum atomic E-state index is 12.2. The number of carbonyl (C=O) groups excluding carboxylic acids is 1. The van der Waals surface area contributed by atoms with Crippen LogP contribution in [0.25, 0.3) is 0 Å². The zero-order valence-electron chi connectivity index (χ0n) is 13.0. The number of urea groups is 1. The first-order chi connectivity index (χ1) is 11.5. The standard InChI is InChI=1S/C17H17N3O4/c1-10-8-12(20(23)24)6-7-14(10)18-17(22)19-16-13-5-3-2-4-11(13)9-15(16)21/h2-8,15-16,21H,9H2,1H3,(H2,18,19,22)/t15-,16+/m0/s1. The molecule has 1 aliphatic rings. The highest BCUT2D eigenvalue weighted by molar-refractivity contribution is 5.90. The van der Waals surface area contributed by atoms with E-state index in [4.69, 9.17) is 0 Å². The SMILES string of the molecule is Cc1cc([N+](=O)[O-])ccc1NC(=O)N[C@@H]1c2ccccc2C[C@@H]1O. The van der Waals surface area contributed by atoms with Crippen LogP contribution in [-0.2, 0) is 6.42 Å². The van der Waals surface area contributed by atoms with Crippen molar-refractivity contribution in [1.29, 1.82) is 0 Å². The molecule has 1 aliphatic carbocycles. The first kappa shape index (κ1) is 15.9. The molecule has 0 aliphatic heterocycles. The normalized spacial score (nSPS) is 18.8. The number of hydrogen-bond acceptors (Lipinski definition) is 4. The van der Waals surface area contributed by atoms with Crippen molar-refractivity contribution < 1.29 is 14.8 Å². The fourth-order valence-corrected chi connectivity index (χ4v) is 2.95. The van der Waals surface area contributed by atoms with E-state index in [2.05, 4.69) is 10.6 Å². The van der Waals surface area contributed by atoms with Crippen LogP contribution < -0.4 is 10.6 Å². The third-order valence-corrected chi connectivity index (χ3v) is 4.16. The van der Waals surface area contributed by atoms with Gasteiger partial charge in [-0.2, -0.15) is 0 Å². The van der Waals surface area contributed by atoms with Gasteiger partial charge in [-0.25, -0.2) is 4.79 Å². The van der Waals surface area contributed by atoms with Gasteiger partial charge in [-0.05, 0) is 29.7 Å². The van der Waals surface area contributed by atoms with Crippen molar-refractivity contribution >= 4 is 17.4 Å². The Morgan fingerprint density at radius 3 is 2.75 bits per heavy atom. The first-order valence-corrected chi connectivity index (χ1v) is 7.54. The van der Waals surface area contributed by atoms with Crippen LogP contribution in [0.5, 0.6) is 0 Å². The van der Waals surface area contributed by atoms with Crippen molar-refractivity contribution in [1.82, 2.24) is 5.32 Å². The molecule has 0 saturated carbocycles. The summed E-state index contributed by atoms with van der Waals surface area (Å²) in [5.74, 6) is 0. The molecule has 0 bridgehead atoms. The van der Waals surface area contributed by atoms with Crippen molar-refractivity contribution in [3.05, 3.63) is 69.3 Å². The van der Waals surface area contributed by atoms with Gasteiger partial charge < -0.3 is 15.7 Å². The number of nitrogens with zero attached hydrogens (tertiary/aromatic N) is 1. The van der Waals surface area contributed by atoms with Crippen LogP contribution in [0.2, 0.25) is 0 Å². The predicted molar refractivity (Wildman–Crippen MR) is 88.9 cm³/mol. The van der Waals surface area contributed by atoms with Crippen molar-refractivity contribution in [2.75, 3.05) is 5.32 Å². The van der Waals surface area contributed by atoms with Crippen LogP contribution in [0, 0.1) is 17.0 Å². The smallest absolute Gasteiger partial charge is 0.319 e. The number of rotatable bonds is 3. The molecule has 0 saturated heterocycles. The lowest BCUT2D eigenvalue weighted by Crippen LogP contribution is -2.36. The number of non-ortho nitro benzene ring substituents is 1. The summed E-state index contributed by atoms with van der Waals surface area (Å²) in [6.45, 7) is 1.68. The number of fused-ring (bicyclic) bond motifs is 1. The number of anilines is 1. The summed E-state index contributed by atoms with van der Waals surface area (Å²) in [5, 5.41) is 26.3. The number of aryl methyl sites for hydroxylation is 1. The van der Waals surface area contributed by atoms with Crippen LogP contribution in [0.4, 0.5) is 16.2 Å². The quantitative estimate of drug-likeness (QED) is 0.595. The third-order valence-electron chi connectivity index (χ3n) is 4.16.